The molecule has 175 valence electrons. The van der Waals surface area contributed by atoms with Crippen LogP contribution in [0.4, 0.5) is 0 Å². The lowest BCUT2D eigenvalue weighted by Crippen LogP contribution is -2.53. The van der Waals surface area contributed by atoms with Crippen LogP contribution in [0.1, 0.15) is 57.8 Å². The van der Waals surface area contributed by atoms with Gasteiger partial charge in [-0.05, 0) is 38.6 Å². The highest BCUT2D eigenvalue weighted by Gasteiger charge is 2.45. The van der Waals surface area contributed by atoms with Crippen molar-refractivity contribution in [2.75, 3.05) is 13.1 Å². The summed E-state index contributed by atoms with van der Waals surface area (Å²) in [7, 11) is -4.68. The number of carbonyl (C=O) groups excluding carboxylic acids is 4. The van der Waals surface area contributed by atoms with Gasteiger partial charge in [0.05, 0.1) is 13.0 Å². The van der Waals surface area contributed by atoms with E-state index in [1.807, 2.05) is 0 Å². The van der Waals surface area contributed by atoms with Gasteiger partial charge in [-0.2, -0.15) is 8.42 Å². The maximum absolute atomic E-state index is 13.4. The standard InChI is InChI=1S/C21H29N4O6S/c22-20(29)21(9-2-1-3-10-21)11-8-18(28)25(15-6-4-12-23-14-17(15)27)32(30,31)19-16(26)7-5-13-24-19/h5,8,13,15,23H,1-4,6-7,9-12,14H2,(H2,22,29)/t15-/m0/s1. The largest absolute Gasteiger partial charge is 0.369 e. The lowest BCUT2D eigenvalue weighted by Gasteiger charge is -2.35. The third kappa shape index (κ3) is 4.98. The molecular formula is C21H29N4O6S. The number of sulfonamides is 1. The van der Waals surface area contributed by atoms with E-state index in [2.05, 4.69) is 10.3 Å². The van der Waals surface area contributed by atoms with Crippen molar-refractivity contribution in [1.82, 2.24) is 9.62 Å². The minimum Gasteiger partial charge on any atom is -0.369 e. The first-order valence-corrected chi connectivity index (χ1v) is 12.3. The van der Waals surface area contributed by atoms with Crippen LogP contribution in [0.25, 0.3) is 0 Å². The van der Waals surface area contributed by atoms with E-state index in [4.69, 9.17) is 5.73 Å². The number of amides is 2. The molecule has 10 nitrogen and oxygen atoms in total. The molecule has 0 aromatic carbocycles. The molecule has 1 radical (unpaired) electrons. The Labute approximate surface area is 187 Å². The summed E-state index contributed by atoms with van der Waals surface area (Å²) in [5.41, 5.74) is 4.72. The van der Waals surface area contributed by atoms with Crippen molar-refractivity contribution in [3.63, 3.8) is 0 Å². The molecule has 1 saturated heterocycles. The first-order valence-electron chi connectivity index (χ1n) is 10.9. The summed E-state index contributed by atoms with van der Waals surface area (Å²) in [4.78, 5) is 54.1. The monoisotopic (exact) mass is 465 g/mol. The van der Waals surface area contributed by atoms with Crippen LogP contribution in [0.5, 0.6) is 0 Å². The van der Waals surface area contributed by atoms with Gasteiger partial charge < -0.3 is 11.1 Å². The van der Waals surface area contributed by atoms with Gasteiger partial charge in [0.25, 0.3) is 10.0 Å². The number of hydrogen-bond acceptors (Lipinski definition) is 8. The summed E-state index contributed by atoms with van der Waals surface area (Å²) >= 11 is 0. The van der Waals surface area contributed by atoms with Crippen molar-refractivity contribution >= 4 is 38.4 Å². The second-order valence-corrected chi connectivity index (χ2v) is 10.2. The Morgan fingerprint density at radius 2 is 1.94 bits per heavy atom. The fourth-order valence-corrected chi connectivity index (χ4v) is 6.11. The second-order valence-electron chi connectivity index (χ2n) is 8.50. The molecule has 2 aliphatic heterocycles. The van der Waals surface area contributed by atoms with E-state index in [0.717, 1.165) is 25.7 Å². The molecule has 1 atom stereocenters. The van der Waals surface area contributed by atoms with Crippen molar-refractivity contribution in [1.29, 1.82) is 0 Å². The van der Waals surface area contributed by atoms with E-state index in [1.165, 1.54) is 12.3 Å². The van der Waals surface area contributed by atoms with Crippen molar-refractivity contribution < 1.29 is 27.6 Å². The minimum atomic E-state index is -4.68. The predicted octanol–water partition coefficient (Wildman–Crippen LogP) is 0.381. The van der Waals surface area contributed by atoms with Crippen molar-refractivity contribution in [2.24, 2.45) is 16.1 Å². The van der Waals surface area contributed by atoms with Crippen LogP contribution >= 0.6 is 0 Å². The van der Waals surface area contributed by atoms with E-state index in [1.54, 1.807) is 0 Å². The summed E-state index contributed by atoms with van der Waals surface area (Å²) in [6, 6.07) is -1.25. The predicted molar refractivity (Wildman–Crippen MR) is 116 cm³/mol. The van der Waals surface area contributed by atoms with Crippen LogP contribution in [0, 0.1) is 11.8 Å². The van der Waals surface area contributed by atoms with Crippen molar-refractivity contribution in [3.8, 4) is 0 Å². The first-order chi connectivity index (χ1) is 15.2. The number of nitrogens with zero attached hydrogens (tertiary/aromatic N) is 2. The average Bonchev–Trinajstić information content (AvgIpc) is 2.97. The van der Waals surface area contributed by atoms with Crippen LogP contribution in [0.2, 0.25) is 0 Å². The molecule has 2 fully saturated rings. The molecule has 0 bridgehead atoms. The van der Waals surface area contributed by atoms with Gasteiger partial charge in [0.1, 0.15) is 6.04 Å². The van der Waals surface area contributed by atoms with Gasteiger partial charge in [-0.1, -0.05) is 25.3 Å². The molecule has 1 saturated carbocycles. The zero-order valence-corrected chi connectivity index (χ0v) is 18.7. The summed E-state index contributed by atoms with van der Waals surface area (Å²) in [6.45, 7) is 0.414. The van der Waals surface area contributed by atoms with E-state index in [-0.39, 0.29) is 25.8 Å². The summed E-state index contributed by atoms with van der Waals surface area (Å²) in [5.74, 6) is -2.68. The molecule has 3 aliphatic rings. The number of aliphatic imine (C=N–C) groups is 1. The van der Waals surface area contributed by atoms with E-state index >= 15 is 0 Å². The zero-order chi connectivity index (χ0) is 23.4. The van der Waals surface area contributed by atoms with Crippen molar-refractivity contribution in [2.45, 2.75) is 63.8 Å². The Morgan fingerprint density at radius 3 is 2.59 bits per heavy atom. The lowest BCUT2D eigenvalue weighted by atomic mass is 9.70. The van der Waals surface area contributed by atoms with Crippen LogP contribution in [-0.2, 0) is 29.2 Å². The molecule has 11 heteroatoms. The van der Waals surface area contributed by atoms with Crippen LogP contribution in [0.3, 0.4) is 0 Å². The van der Waals surface area contributed by atoms with Crippen molar-refractivity contribution in [3.05, 3.63) is 18.7 Å². The molecule has 2 amide bonds. The Morgan fingerprint density at radius 1 is 1.22 bits per heavy atom. The van der Waals surface area contributed by atoms with Gasteiger partial charge in [0.2, 0.25) is 16.9 Å². The highest BCUT2D eigenvalue weighted by Crippen LogP contribution is 2.40. The molecule has 0 spiro atoms. The van der Waals surface area contributed by atoms with E-state index in [0.29, 0.717) is 30.1 Å². The number of rotatable bonds is 5. The number of nitrogens with two attached hydrogens (primary N) is 1. The summed E-state index contributed by atoms with van der Waals surface area (Å²) in [5, 5.41) is 2.15. The lowest BCUT2D eigenvalue weighted by molar-refractivity contribution is -0.133. The molecule has 0 aromatic rings. The molecule has 3 N–H and O–H groups in total. The Kier molecular flexibility index (Phi) is 7.60. The van der Waals surface area contributed by atoms with Crippen LogP contribution in [-0.4, -0.2) is 60.3 Å². The fourth-order valence-electron chi connectivity index (χ4n) is 4.49. The molecule has 1 aliphatic carbocycles. The molecular weight excluding hydrogens is 436 g/mol. The van der Waals surface area contributed by atoms with Gasteiger partial charge in [-0.25, -0.2) is 9.30 Å². The van der Waals surface area contributed by atoms with Crippen LogP contribution < -0.4 is 11.1 Å². The first kappa shape index (κ1) is 24.2. The number of hydrogen-bond donors (Lipinski definition) is 2. The topological polar surface area (TPSA) is 156 Å². The fraction of sp³-hybridized carbons (Fsp3) is 0.619. The summed E-state index contributed by atoms with van der Waals surface area (Å²) in [6.07, 6.45) is 7.73. The summed E-state index contributed by atoms with van der Waals surface area (Å²) < 4.78 is 27.3. The molecule has 32 heavy (non-hydrogen) atoms. The van der Waals surface area contributed by atoms with Gasteiger partial charge in [0.15, 0.2) is 11.6 Å². The number of ketones is 2. The van der Waals surface area contributed by atoms with Gasteiger partial charge in [0, 0.05) is 18.0 Å². The number of allylic oxidation sites excluding steroid dienone is 1. The zero-order valence-electron chi connectivity index (χ0n) is 17.9. The number of nitrogens with one attached hydrogen (secondary N) is 1. The molecule has 3 rings (SSSR count). The smallest absolute Gasteiger partial charge is 0.288 e. The number of primary amides is 1. The Hall–Kier alpha value is -2.40. The van der Waals surface area contributed by atoms with Gasteiger partial charge in [-0.15, -0.1) is 0 Å². The van der Waals surface area contributed by atoms with Gasteiger partial charge >= 0.3 is 0 Å². The van der Waals surface area contributed by atoms with E-state index < -0.39 is 49.9 Å². The quantitative estimate of drug-likeness (QED) is 0.594. The normalized spacial score (nSPS) is 23.9. The Bertz CT molecular complexity index is 949. The Balaban J connectivity index is 1.93. The highest BCUT2D eigenvalue weighted by atomic mass is 32.2. The minimum absolute atomic E-state index is 0.0212. The second kappa shape index (κ2) is 10.0. The number of carbonyl (C=O) groups is 4. The van der Waals surface area contributed by atoms with E-state index in [9.17, 15) is 27.6 Å². The molecule has 0 aromatic heterocycles. The van der Waals surface area contributed by atoms with Crippen LogP contribution in [0.15, 0.2) is 17.3 Å². The maximum atomic E-state index is 13.4. The average molecular weight is 466 g/mol. The maximum Gasteiger partial charge on any atom is 0.288 e. The molecule has 2 heterocycles. The van der Waals surface area contributed by atoms with Gasteiger partial charge in [-0.3, -0.25) is 19.2 Å². The molecule has 0 unspecified atom stereocenters. The third-order valence-electron chi connectivity index (χ3n) is 6.35. The SMILES string of the molecule is NC(=O)C1(C[CH]C(=O)N([C@H]2CCCNCC2=O)S(=O)(=O)C2=NC=CCC2=O)CCCCC1. The highest BCUT2D eigenvalue weighted by molar-refractivity contribution is 8.06. The third-order valence-corrected chi connectivity index (χ3v) is 8.12. The number of Topliss-reactive ketones (excluding diaryl/α,β-unsaturated/α-hetero) is 2.